The first-order valence-corrected chi connectivity index (χ1v) is 8.44. The lowest BCUT2D eigenvalue weighted by Gasteiger charge is -2.10. The Morgan fingerprint density at radius 2 is 1.88 bits per heavy atom. The summed E-state index contributed by atoms with van der Waals surface area (Å²) in [6, 6.07) is 18.9. The third kappa shape index (κ3) is 3.39. The van der Waals surface area contributed by atoms with Crippen LogP contribution in [0.3, 0.4) is 0 Å². The van der Waals surface area contributed by atoms with Gasteiger partial charge in [-0.1, -0.05) is 29.8 Å². The molecule has 0 fully saturated rings. The maximum atomic E-state index is 12.3. The normalized spacial score (nSPS) is 15.5. The molecule has 1 unspecified atom stereocenters. The van der Waals surface area contributed by atoms with Crippen molar-refractivity contribution in [2.24, 2.45) is 0 Å². The number of rotatable bonds is 4. The Bertz CT molecular complexity index is 876. The molecule has 1 aromatic heterocycles. The number of amides is 1. The van der Waals surface area contributed by atoms with E-state index in [-0.39, 0.29) is 5.91 Å². The van der Waals surface area contributed by atoms with E-state index in [0.29, 0.717) is 23.7 Å². The van der Waals surface area contributed by atoms with Gasteiger partial charge in [-0.25, -0.2) is 0 Å². The van der Waals surface area contributed by atoms with Gasteiger partial charge < -0.3 is 14.5 Å². The summed E-state index contributed by atoms with van der Waals surface area (Å²) in [5, 5.41) is 3.55. The van der Waals surface area contributed by atoms with Crippen LogP contribution in [-0.2, 0) is 17.8 Å². The molecule has 1 amide bonds. The van der Waals surface area contributed by atoms with Gasteiger partial charge in [-0.15, -0.1) is 0 Å². The number of ether oxygens (including phenoxy) is 1. The van der Waals surface area contributed by atoms with E-state index in [0.717, 1.165) is 22.6 Å². The number of halogens is 1. The second-order valence-corrected chi connectivity index (χ2v) is 6.35. The smallest absolute Gasteiger partial charge is 0.261 e. The number of hydrogen-bond acceptors (Lipinski definition) is 3. The Hall–Kier alpha value is -2.72. The molecule has 25 heavy (non-hydrogen) atoms. The molecule has 3 aromatic rings. The summed E-state index contributed by atoms with van der Waals surface area (Å²) in [6.45, 7) is 0.322. The SMILES string of the molecule is O=C(NCc1ccc(-c2ccc(Cl)cc2)o1)C1Cc2ccccc2O1. The van der Waals surface area contributed by atoms with Crippen LogP contribution in [0.25, 0.3) is 11.3 Å². The molecular formula is C20H16ClNO3. The van der Waals surface area contributed by atoms with Crippen LogP contribution in [0, 0.1) is 0 Å². The van der Waals surface area contributed by atoms with Crippen molar-refractivity contribution in [1.29, 1.82) is 0 Å². The topological polar surface area (TPSA) is 51.5 Å². The second kappa shape index (κ2) is 6.65. The second-order valence-electron chi connectivity index (χ2n) is 5.91. The van der Waals surface area contributed by atoms with Crippen molar-refractivity contribution in [2.45, 2.75) is 19.1 Å². The van der Waals surface area contributed by atoms with Gasteiger partial charge in [0.1, 0.15) is 17.3 Å². The number of para-hydroxylation sites is 1. The van der Waals surface area contributed by atoms with Gasteiger partial charge in [-0.05, 0) is 48.0 Å². The molecule has 0 saturated heterocycles. The van der Waals surface area contributed by atoms with Crippen molar-refractivity contribution < 1.29 is 13.9 Å². The largest absolute Gasteiger partial charge is 0.480 e. The average molecular weight is 354 g/mol. The first-order chi connectivity index (χ1) is 12.2. The highest BCUT2D eigenvalue weighted by molar-refractivity contribution is 6.30. The lowest BCUT2D eigenvalue weighted by atomic mass is 10.1. The van der Waals surface area contributed by atoms with Crippen LogP contribution < -0.4 is 10.1 Å². The highest BCUT2D eigenvalue weighted by Gasteiger charge is 2.28. The van der Waals surface area contributed by atoms with E-state index in [1.165, 1.54) is 0 Å². The number of carbonyl (C=O) groups is 1. The van der Waals surface area contributed by atoms with Crippen LogP contribution in [-0.4, -0.2) is 12.0 Å². The lowest BCUT2D eigenvalue weighted by Crippen LogP contribution is -2.36. The molecule has 0 radical (unpaired) electrons. The molecule has 1 aliphatic rings. The molecule has 0 saturated carbocycles. The summed E-state index contributed by atoms with van der Waals surface area (Å²) in [5.41, 5.74) is 2.00. The van der Waals surface area contributed by atoms with Gasteiger partial charge in [0.25, 0.3) is 5.91 Å². The maximum absolute atomic E-state index is 12.3. The fraction of sp³-hybridized carbons (Fsp3) is 0.150. The summed E-state index contributed by atoms with van der Waals surface area (Å²) in [5.74, 6) is 2.07. The summed E-state index contributed by atoms with van der Waals surface area (Å²) >= 11 is 5.89. The van der Waals surface area contributed by atoms with E-state index < -0.39 is 6.10 Å². The van der Waals surface area contributed by atoms with Gasteiger partial charge in [0, 0.05) is 17.0 Å². The number of fused-ring (bicyclic) bond motifs is 1. The van der Waals surface area contributed by atoms with Crippen LogP contribution in [0.2, 0.25) is 5.02 Å². The minimum atomic E-state index is -0.483. The third-order valence-electron chi connectivity index (χ3n) is 4.17. The highest BCUT2D eigenvalue weighted by Crippen LogP contribution is 2.28. The molecule has 1 atom stereocenters. The van der Waals surface area contributed by atoms with Crippen molar-refractivity contribution in [1.82, 2.24) is 5.32 Å². The van der Waals surface area contributed by atoms with Crippen LogP contribution in [0.15, 0.2) is 65.1 Å². The van der Waals surface area contributed by atoms with E-state index in [4.69, 9.17) is 20.8 Å². The first kappa shape index (κ1) is 15.8. The molecule has 4 nitrogen and oxygen atoms in total. The summed E-state index contributed by atoms with van der Waals surface area (Å²) in [4.78, 5) is 12.3. The van der Waals surface area contributed by atoms with Crippen LogP contribution in [0.4, 0.5) is 0 Å². The zero-order valence-corrected chi connectivity index (χ0v) is 14.1. The lowest BCUT2D eigenvalue weighted by molar-refractivity contribution is -0.127. The quantitative estimate of drug-likeness (QED) is 0.764. The molecular weight excluding hydrogens is 338 g/mol. The Balaban J connectivity index is 1.36. The molecule has 4 rings (SSSR count). The molecule has 2 aromatic carbocycles. The molecule has 0 bridgehead atoms. The molecule has 1 N–H and O–H groups in total. The van der Waals surface area contributed by atoms with Gasteiger partial charge in [-0.2, -0.15) is 0 Å². The zero-order valence-electron chi connectivity index (χ0n) is 13.4. The fourth-order valence-electron chi connectivity index (χ4n) is 2.86. The monoisotopic (exact) mass is 353 g/mol. The first-order valence-electron chi connectivity index (χ1n) is 8.06. The number of hydrogen-bond donors (Lipinski definition) is 1. The van der Waals surface area contributed by atoms with E-state index >= 15 is 0 Å². The van der Waals surface area contributed by atoms with Gasteiger partial charge in [-0.3, -0.25) is 4.79 Å². The summed E-state index contributed by atoms with van der Waals surface area (Å²) in [6.07, 6.45) is 0.110. The van der Waals surface area contributed by atoms with E-state index in [9.17, 15) is 4.79 Å². The van der Waals surface area contributed by atoms with Crippen LogP contribution in [0.5, 0.6) is 5.75 Å². The number of carbonyl (C=O) groups excluding carboxylic acids is 1. The Morgan fingerprint density at radius 1 is 1.08 bits per heavy atom. The van der Waals surface area contributed by atoms with Gasteiger partial charge in [0.15, 0.2) is 6.10 Å². The number of nitrogens with one attached hydrogen (secondary N) is 1. The molecule has 2 heterocycles. The van der Waals surface area contributed by atoms with E-state index in [2.05, 4.69) is 5.32 Å². The molecule has 1 aliphatic heterocycles. The fourth-order valence-corrected chi connectivity index (χ4v) is 2.98. The van der Waals surface area contributed by atoms with Gasteiger partial charge >= 0.3 is 0 Å². The van der Waals surface area contributed by atoms with Gasteiger partial charge in [0.05, 0.1) is 6.54 Å². The molecule has 0 spiro atoms. The van der Waals surface area contributed by atoms with Crippen molar-refractivity contribution in [3.63, 3.8) is 0 Å². The average Bonchev–Trinajstić information content (AvgIpc) is 3.27. The van der Waals surface area contributed by atoms with Crippen LogP contribution >= 0.6 is 11.6 Å². The Kier molecular flexibility index (Phi) is 4.20. The number of furan rings is 1. The highest BCUT2D eigenvalue weighted by atomic mass is 35.5. The predicted octanol–water partition coefficient (Wildman–Crippen LogP) is 4.22. The van der Waals surface area contributed by atoms with Crippen molar-refractivity contribution in [3.05, 3.63) is 77.0 Å². The third-order valence-corrected chi connectivity index (χ3v) is 4.42. The van der Waals surface area contributed by atoms with E-state index in [1.807, 2.05) is 60.7 Å². The molecule has 5 heteroatoms. The van der Waals surface area contributed by atoms with Gasteiger partial charge in [0.2, 0.25) is 0 Å². The molecule has 126 valence electrons. The minimum absolute atomic E-state index is 0.138. The Morgan fingerprint density at radius 3 is 2.68 bits per heavy atom. The zero-order chi connectivity index (χ0) is 17.2. The summed E-state index contributed by atoms with van der Waals surface area (Å²) < 4.78 is 11.5. The minimum Gasteiger partial charge on any atom is -0.480 e. The van der Waals surface area contributed by atoms with E-state index in [1.54, 1.807) is 0 Å². The maximum Gasteiger partial charge on any atom is 0.261 e. The standard InChI is InChI=1S/C20H16ClNO3/c21-15-7-5-13(6-8-15)18-10-9-16(24-18)12-22-20(23)19-11-14-3-1-2-4-17(14)25-19/h1-10,19H,11-12H2,(H,22,23). The Labute approximate surface area is 150 Å². The van der Waals surface area contributed by atoms with Crippen LogP contribution in [0.1, 0.15) is 11.3 Å². The number of benzene rings is 2. The van der Waals surface area contributed by atoms with Crippen molar-refractivity contribution in [3.8, 4) is 17.1 Å². The molecule has 0 aliphatic carbocycles. The summed E-state index contributed by atoms with van der Waals surface area (Å²) in [7, 11) is 0. The predicted molar refractivity (Wildman–Crippen MR) is 95.6 cm³/mol. The van der Waals surface area contributed by atoms with Crippen molar-refractivity contribution in [2.75, 3.05) is 0 Å². The van der Waals surface area contributed by atoms with Crippen molar-refractivity contribution >= 4 is 17.5 Å².